The van der Waals surface area contributed by atoms with Crippen molar-refractivity contribution in [1.82, 2.24) is 19.4 Å². The lowest BCUT2D eigenvalue weighted by Gasteiger charge is -2.27. The molecule has 1 amide bonds. The van der Waals surface area contributed by atoms with E-state index in [1.165, 1.54) is 0 Å². The maximum absolute atomic E-state index is 12.9. The minimum absolute atomic E-state index is 0.0152. The normalized spacial score (nSPS) is 10.8. The molecular formula is C19H20N4O. The van der Waals surface area contributed by atoms with Gasteiger partial charge in [-0.25, -0.2) is 9.97 Å². The number of pyridine rings is 1. The molecule has 0 spiro atoms. The Kier molecular flexibility index (Phi) is 4.70. The number of imidazole rings is 1. The van der Waals surface area contributed by atoms with Gasteiger partial charge in [0.05, 0.1) is 5.56 Å². The average Bonchev–Trinajstić information content (AvgIpc) is 3.14. The van der Waals surface area contributed by atoms with E-state index in [-0.39, 0.29) is 11.9 Å². The molecule has 0 aliphatic heterocycles. The summed E-state index contributed by atoms with van der Waals surface area (Å²) < 4.78 is 1.80. The zero-order chi connectivity index (χ0) is 16.9. The third kappa shape index (κ3) is 3.51. The zero-order valence-corrected chi connectivity index (χ0v) is 13.8. The van der Waals surface area contributed by atoms with Gasteiger partial charge >= 0.3 is 0 Å². The van der Waals surface area contributed by atoms with E-state index < -0.39 is 0 Å². The quantitative estimate of drug-likeness (QED) is 0.724. The highest BCUT2D eigenvalue weighted by molar-refractivity contribution is 5.94. The number of carbonyl (C=O) groups is 1. The fourth-order valence-corrected chi connectivity index (χ4v) is 2.49. The number of hydrogen-bond acceptors (Lipinski definition) is 3. The molecule has 3 rings (SSSR count). The molecular weight excluding hydrogens is 300 g/mol. The molecule has 3 aromatic rings. The van der Waals surface area contributed by atoms with Gasteiger partial charge in [0, 0.05) is 31.2 Å². The molecule has 5 heteroatoms. The van der Waals surface area contributed by atoms with Gasteiger partial charge in [-0.2, -0.15) is 0 Å². The molecule has 1 aromatic carbocycles. The molecule has 0 radical (unpaired) electrons. The Labute approximate surface area is 141 Å². The largest absolute Gasteiger partial charge is 0.332 e. The predicted molar refractivity (Wildman–Crippen MR) is 92.8 cm³/mol. The predicted octanol–water partition coefficient (Wildman–Crippen LogP) is 3.32. The Hall–Kier alpha value is -2.95. The number of aromatic nitrogens is 3. The van der Waals surface area contributed by atoms with Gasteiger partial charge in [0.25, 0.3) is 5.91 Å². The Morgan fingerprint density at radius 1 is 1.17 bits per heavy atom. The molecule has 24 heavy (non-hydrogen) atoms. The van der Waals surface area contributed by atoms with Gasteiger partial charge < -0.3 is 4.90 Å². The van der Waals surface area contributed by atoms with Gasteiger partial charge in [-0.1, -0.05) is 30.3 Å². The van der Waals surface area contributed by atoms with E-state index in [1.807, 2.05) is 67.4 Å². The Morgan fingerprint density at radius 3 is 2.54 bits per heavy atom. The molecule has 0 N–H and O–H groups in total. The second-order valence-electron chi connectivity index (χ2n) is 5.89. The van der Waals surface area contributed by atoms with Crippen molar-refractivity contribution in [1.29, 1.82) is 0 Å². The summed E-state index contributed by atoms with van der Waals surface area (Å²) in [6.45, 7) is 4.63. The van der Waals surface area contributed by atoms with Crippen LogP contribution in [0.2, 0.25) is 0 Å². The number of hydrogen-bond donors (Lipinski definition) is 0. The minimum Gasteiger partial charge on any atom is -0.332 e. The molecule has 0 bridgehead atoms. The molecule has 0 aliphatic carbocycles. The Balaban J connectivity index is 1.80. The lowest BCUT2D eigenvalue weighted by molar-refractivity contribution is 0.0690. The third-order valence-electron chi connectivity index (χ3n) is 3.84. The molecule has 0 saturated heterocycles. The van der Waals surface area contributed by atoms with Gasteiger partial charge in [0.15, 0.2) is 0 Å². The van der Waals surface area contributed by atoms with Crippen molar-refractivity contribution in [2.75, 3.05) is 0 Å². The first kappa shape index (κ1) is 15.9. The summed E-state index contributed by atoms with van der Waals surface area (Å²) in [5, 5.41) is 0. The number of benzene rings is 1. The van der Waals surface area contributed by atoms with Crippen LogP contribution >= 0.6 is 0 Å². The van der Waals surface area contributed by atoms with Crippen LogP contribution in [0.1, 0.15) is 29.8 Å². The first-order valence-electron chi connectivity index (χ1n) is 7.94. The summed E-state index contributed by atoms with van der Waals surface area (Å²) in [7, 11) is 0. The molecule has 0 fully saturated rings. The summed E-state index contributed by atoms with van der Waals surface area (Å²) in [6.07, 6.45) is 6.82. The standard InChI is InChI=1S/C19H20N4O/c1-15(2)23(13-16-6-4-3-5-7-16)19(24)17-8-9-18(21-12-17)22-11-10-20-14-22/h3-12,14-15H,13H2,1-2H3. The minimum atomic E-state index is -0.0152. The first-order valence-corrected chi connectivity index (χ1v) is 7.94. The average molecular weight is 320 g/mol. The van der Waals surface area contributed by atoms with E-state index in [0.717, 1.165) is 11.4 Å². The summed E-state index contributed by atoms with van der Waals surface area (Å²) in [4.78, 5) is 23.1. The Bertz CT molecular complexity index is 780. The van der Waals surface area contributed by atoms with E-state index in [0.29, 0.717) is 12.1 Å². The number of amides is 1. The van der Waals surface area contributed by atoms with E-state index in [1.54, 1.807) is 23.3 Å². The number of carbonyl (C=O) groups excluding carboxylic acids is 1. The van der Waals surface area contributed by atoms with Crippen LogP contribution in [0.15, 0.2) is 67.4 Å². The molecule has 0 atom stereocenters. The van der Waals surface area contributed by atoms with Gasteiger partial charge in [0.2, 0.25) is 0 Å². The van der Waals surface area contributed by atoms with Crippen molar-refractivity contribution in [2.24, 2.45) is 0 Å². The summed E-state index contributed by atoms with van der Waals surface area (Å²) in [5.74, 6) is 0.724. The fraction of sp³-hybridized carbons (Fsp3) is 0.211. The zero-order valence-electron chi connectivity index (χ0n) is 13.8. The van der Waals surface area contributed by atoms with Gasteiger partial charge in [-0.3, -0.25) is 9.36 Å². The van der Waals surface area contributed by atoms with Crippen LogP contribution in [0.5, 0.6) is 0 Å². The van der Waals surface area contributed by atoms with Crippen LogP contribution in [-0.4, -0.2) is 31.4 Å². The van der Waals surface area contributed by atoms with Crippen LogP contribution in [0.3, 0.4) is 0 Å². The fourth-order valence-electron chi connectivity index (χ4n) is 2.49. The van der Waals surface area contributed by atoms with Crippen LogP contribution in [0, 0.1) is 0 Å². The van der Waals surface area contributed by atoms with E-state index >= 15 is 0 Å². The summed E-state index contributed by atoms with van der Waals surface area (Å²) >= 11 is 0. The van der Waals surface area contributed by atoms with Crippen molar-refractivity contribution < 1.29 is 4.79 Å². The van der Waals surface area contributed by atoms with Crippen molar-refractivity contribution in [3.05, 3.63) is 78.5 Å². The molecule has 0 unspecified atom stereocenters. The lowest BCUT2D eigenvalue weighted by Crippen LogP contribution is -2.36. The number of nitrogens with zero attached hydrogens (tertiary/aromatic N) is 4. The van der Waals surface area contributed by atoms with Crippen molar-refractivity contribution in [2.45, 2.75) is 26.4 Å². The second kappa shape index (κ2) is 7.08. The summed E-state index contributed by atoms with van der Waals surface area (Å²) in [5.41, 5.74) is 1.70. The molecule has 5 nitrogen and oxygen atoms in total. The highest BCUT2D eigenvalue weighted by Crippen LogP contribution is 2.14. The van der Waals surface area contributed by atoms with Crippen molar-refractivity contribution >= 4 is 5.91 Å². The van der Waals surface area contributed by atoms with Crippen molar-refractivity contribution in [3.63, 3.8) is 0 Å². The smallest absolute Gasteiger partial charge is 0.255 e. The van der Waals surface area contributed by atoms with Crippen LogP contribution in [0.25, 0.3) is 5.82 Å². The van der Waals surface area contributed by atoms with Gasteiger partial charge in [-0.05, 0) is 31.5 Å². The maximum Gasteiger partial charge on any atom is 0.255 e. The summed E-state index contributed by atoms with van der Waals surface area (Å²) in [6, 6.07) is 13.8. The molecule has 122 valence electrons. The SMILES string of the molecule is CC(C)N(Cc1ccccc1)C(=O)c1ccc(-n2ccnc2)nc1. The van der Waals surface area contributed by atoms with Crippen LogP contribution in [0.4, 0.5) is 0 Å². The third-order valence-corrected chi connectivity index (χ3v) is 3.84. The molecule has 2 aromatic heterocycles. The van der Waals surface area contributed by atoms with Gasteiger partial charge in [0.1, 0.15) is 12.1 Å². The maximum atomic E-state index is 12.9. The van der Waals surface area contributed by atoms with E-state index in [9.17, 15) is 4.79 Å². The van der Waals surface area contributed by atoms with Crippen LogP contribution < -0.4 is 0 Å². The molecule has 0 saturated carbocycles. The monoisotopic (exact) mass is 320 g/mol. The van der Waals surface area contributed by atoms with Crippen LogP contribution in [-0.2, 0) is 6.54 Å². The van der Waals surface area contributed by atoms with Gasteiger partial charge in [-0.15, -0.1) is 0 Å². The highest BCUT2D eigenvalue weighted by Gasteiger charge is 2.19. The van der Waals surface area contributed by atoms with Crippen molar-refractivity contribution in [3.8, 4) is 5.82 Å². The first-order chi connectivity index (χ1) is 11.6. The van der Waals surface area contributed by atoms with E-state index in [2.05, 4.69) is 9.97 Å². The second-order valence-corrected chi connectivity index (χ2v) is 5.89. The highest BCUT2D eigenvalue weighted by atomic mass is 16.2. The Morgan fingerprint density at radius 2 is 1.96 bits per heavy atom. The lowest BCUT2D eigenvalue weighted by atomic mass is 10.1. The topological polar surface area (TPSA) is 51.0 Å². The number of rotatable bonds is 5. The van der Waals surface area contributed by atoms with E-state index in [4.69, 9.17) is 0 Å². The molecule has 0 aliphatic rings. The molecule has 2 heterocycles.